The number of aryl methyl sites for hydroxylation is 2. The second kappa shape index (κ2) is 8.30. The van der Waals surface area contributed by atoms with E-state index in [0.29, 0.717) is 5.75 Å². The molecule has 0 bridgehead atoms. The van der Waals surface area contributed by atoms with Crippen molar-refractivity contribution in [1.82, 2.24) is 0 Å². The fourth-order valence-electron chi connectivity index (χ4n) is 2.14. The second-order valence-electron chi connectivity index (χ2n) is 5.17. The summed E-state index contributed by atoms with van der Waals surface area (Å²) in [5.41, 5.74) is 4.75. The smallest absolute Gasteiger partial charge is 0.234 e. The van der Waals surface area contributed by atoms with E-state index in [-0.39, 0.29) is 5.91 Å². The predicted octanol–water partition coefficient (Wildman–Crippen LogP) is 4.90. The van der Waals surface area contributed by atoms with E-state index in [0.717, 1.165) is 16.3 Å². The number of amides is 1. The van der Waals surface area contributed by atoms with Gasteiger partial charge in [-0.1, -0.05) is 35.9 Å². The lowest BCUT2D eigenvalue weighted by atomic mass is 10.1. The molecule has 0 saturated heterocycles. The molecule has 4 heteroatoms. The van der Waals surface area contributed by atoms with E-state index in [4.69, 9.17) is 0 Å². The number of hydrogen-bond donors (Lipinski definition) is 1. The van der Waals surface area contributed by atoms with Crippen LogP contribution in [0.1, 0.15) is 16.7 Å². The topological polar surface area (TPSA) is 29.1 Å². The van der Waals surface area contributed by atoms with Gasteiger partial charge in [0.2, 0.25) is 5.91 Å². The largest absolute Gasteiger partial charge is 0.324 e. The van der Waals surface area contributed by atoms with Gasteiger partial charge in [-0.15, -0.1) is 23.5 Å². The molecule has 22 heavy (non-hydrogen) atoms. The van der Waals surface area contributed by atoms with Crippen molar-refractivity contribution in [3.63, 3.8) is 0 Å². The Labute approximate surface area is 141 Å². The highest BCUT2D eigenvalue weighted by Crippen LogP contribution is 2.25. The van der Waals surface area contributed by atoms with Crippen LogP contribution in [0.4, 0.5) is 5.69 Å². The van der Waals surface area contributed by atoms with Crippen molar-refractivity contribution in [3.05, 3.63) is 59.2 Å². The maximum absolute atomic E-state index is 12.1. The second-order valence-corrected chi connectivity index (χ2v) is 7.00. The number of benzene rings is 2. The first kappa shape index (κ1) is 17.0. The Bertz CT molecular complexity index is 655. The molecule has 2 nitrogen and oxygen atoms in total. The number of anilines is 1. The molecule has 0 aromatic heterocycles. The third-order valence-electron chi connectivity index (χ3n) is 3.38. The number of carbonyl (C=O) groups is 1. The zero-order valence-electron chi connectivity index (χ0n) is 13.2. The van der Waals surface area contributed by atoms with Crippen LogP contribution in [-0.4, -0.2) is 17.9 Å². The number of rotatable bonds is 6. The molecule has 0 fully saturated rings. The molecule has 0 aliphatic heterocycles. The van der Waals surface area contributed by atoms with Gasteiger partial charge in [-0.25, -0.2) is 0 Å². The minimum atomic E-state index is 0.0526. The van der Waals surface area contributed by atoms with Gasteiger partial charge in [-0.2, -0.15) is 0 Å². The molecule has 0 atom stereocenters. The van der Waals surface area contributed by atoms with Crippen LogP contribution in [0.2, 0.25) is 0 Å². The fraction of sp³-hybridized carbons (Fsp3) is 0.278. The van der Waals surface area contributed by atoms with E-state index in [1.807, 2.05) is 30.5 Å². The lowest BCUT2D eigenvalue weighted by molar-refractivity contribution is -0.113. The zero-order chi connectivity index (χ0) is 15.9. The molecule has 0 saturated carbocycles. The van der Waals surface area contributed by atoms with Gasteiger partial charge in [0, 0.05) is 10.6 Å². The van der Waals surface area contributed by atoms with Gasteiger partial charge in [-0.3, -0.25) is 4.79 Å². The molecule has 1 amide bonds. The standard InChI is InChI=1S/C18H21NOS2/c1-13-8-9-14(2)15(10-13)11-22-12-18(20)19-16-6-4-5-7-17(16)21-3/h4-10H,11-12H2,1-3H3,(H,19,20). The Kier molecular flexibility index (Phi) is 6.40. The summed E-state index contributed by atoms with van der Waals surface area (Å²) in [4.78, 5) is 13.2. The van der Waals surface area contributed by atoms with E-state index in [1.54, 1.807) is 23.5 Å². The van der Waals surface area contributed by atoms with Crippen molar-refractivity contribution < 1.29 is 4.79 Å². The number of carbonyl (C=O) groups excluding carboxylic acids is 1. The minimum Gasteiger partial charge on any atom is -0.324 e. The van der Waals surface area contributed by atoms with Crippen LogP contribution < -0.4 is 5.32 Å². The Morgan fingerprint density at radius 3 is 2.68 bits per heavy atom. The third kappa shape index (κ3) is 4.82. The first-order chi connectivity index (χ1) is 10.6. The molecule has 0 aliphatic carbocycles. The van der Waals surface area contributed by atoms with Crippen LogP contribution in [0.15, 0.2) is 47.4 Å². The normalized spacial score (nSPS) is 10.5. The molecule has 0 heterocycles. The number of hydrogen-bond acceptors (Lipinski definition) is 3. The average molecular weight is 332 g/mol. The maximum Gasteiger partial charge on any atom is 0.234 e. The molecular formula is C18H21NOS2. The molecule has 2 aromatic rings. The molecule has 0 radical (unpaired) electrons. The SMILES string of the molecule is CSc1ccccc1NC(=O)CSCc1cc(C)ccc1C. The van der Waals surface area contributed by atoms with E-state index in [9.17, 15) is 4.79 Å². The van der Waals surface area contributed by atoms with E-state index < -0.39 is 0 Å². The lowest BCUT2D eigenvalue weighted by Crippen LogP contribution is -2.14. The first-order valence-corrected chi connectivity index (χ1v) is 9.55. The Morgan fingerprint density at radius 2 is 1.91 bits per heavy atom. The van der Waals surface area contributed by atoms with Crippen molar-refractivity contribution >= 4 is 35.1 Å². The molecule has 0 unspecified atom stereocenters. The third-order valence-corrected chi connectivity index (χ3v) is 5.15. The molecule has 2 aromatic carbocycles. The van der Waals surface area contributed by atoms with Crippen LogP contribution in [0, 0.1) is 13.8 Å². The number of para-hydroxylation sites is 1. The minimum absolute atomic E-state index is 0.0526. The zero-order valence-corrected chi connectivity index (χ0v) is 14.8. The van der Waals surface area contributed by atoms with Gasteiger partial charge in [0.25, 0.3) is 0 Å². The van der Waals surface area contributed by atoms with Gasteiger partial charge < -0.3 is 5.32 Å². The van der Waals surface area contributed by atoms with Crippen molar-refractivity contribution in [2.45, 2.75) is 24.5 Å². The van der Waals surface area contributed by atoms with Crippen LogP contribution >= 0.6 is 23.5 Å². The van der Waals surface area contributed by atoms with Crippen LogP contribution in [0.5, 0.6) is 0 Å². The molecule has 0 aliphatic rings. The van der Waals surface area contributed by atoms with Crippen LogP contribution in [0.3, 0.4) is 0 Å². The van der Waals surface area contributed by atoms with Gasteiger partial charge in [0.15, 0.2) is 0 Å². The highest BCUT2D eigenvalue weighted by Gasteiger charge is 2.07. The molecule has 2 rings (SSSR count). The molecule has 116 valence electrons. The van der Waals surface area contributed by atoms with E-state index in [2.05, 4.69) is 37.4 Å². The fourth-order valence-corrected chi connectivity index (χ4v) is 3.59. The highest BCUT2D eigenvalue weighted by atomic mass is 32.2. The highest BCUT2D eigenvalue weighted by molar-refractivity contribution is 7.99. The van der Waals surface area contributed by atoms with Crippen molar-refractivity contribution in [2.24, 2.45) is 0 Å². The summed E-state index contributed by atoms with van der Waals surface area (Å²) >= 11 is 3.29. The summed E-state index contributed by atoms with van der Waals surface area (Å²) < 4.78 is 0. The summed E-state index contributed by atoms with van der Waals surface area (Å²) in [6.45, 7) is 4.21. The predicted molar refractivity (Wildman–Crippen MR) is 98.9 cm³/mol. The Hall–Kier alpha value is -1.39. The maximum atomic E-state index is 12.1. The van der Waals surface area contributed by atoms with E-state index >= 15 is 0 Å². The Balaban J connectivity index is 1.87. The summed E-state index contributed by atoms with van der Waals surface area (Å²) in [5.74, 6) is 1.39. The van der Waals surface area contributed by atoms with Crippen molar-refractivity contribution in [2.75, 3.05) is 17.3 Å². The van der Waals surface area contributed by atoms with Gasteiger partial charge in [-0.05, 0) is 43.4 Å². The summed E-state index contributed by atoms with van der Waals surface area (Å²) in [6.07, 6.45) is 2.01. The summed E-state index contributed by atoms with van der Waals surface area (Å²) in [6, 6.07) is 14.3. The van der Waals surface area contributed by atoms with Crippen LogP contribution in [0.25, 0.3) is 0 Å². The number of thioether (sulfide) groups is 2. The quantitative estimate of drug-likeness (QED) is 0.764. The lowest BCUT2D eigenvalue weighted by Gasteiger charge is -2.10. The van der Waals surface area contributed by atoms with Crippen molar-refractivity contribution in [1.29, 1.82) is 0 Å². The molecular weight excluding hydrogens is 310 g/mol. The van der Waals surface area contributed by atoms with Crippen LogP contribution in [-0.2, 0) is 10.5 Å². The molecule has 1 N–H and O–H groups in total. The monoisotopic (exact) mass is 331 g/mol. The average Bonchev–Trinajstić information content (AvgIpc) is 2.51. The van der Waals surface area contributed by atoms with Gasteiger partial charge >= 0.3 is 0 Å². The summed E-state index contributed by atoms with van der Waals surface area (Å²) in [7, 11) is 0. The van der Waals surface area contributed by atoms with Gasteiger partial charge in [0.1, 0.15) is 0 Å². The number of nitrogens with one attached hydrogen (secondary N) is 1. The summed E-state index contributed by atoms with van der Waals surface area (Å²) in [5, 5.41) is 2.99. The van der Waals surface area contributed by atoms with E-state index in [1.165, 1.54) is 16.7 Å². The van der Waals surface area contributed by atoms with Crippen molar-refractivity contribution in [3.8, 4) is 0 Å². The first-order valence-electron chi connectivity index (χ1n) is 7.17. The molecule has 0 spiro atoms. The van der Waals surface area contributed by atoms with Gasteiger partial charge in [0.05, 0.1) is 11.4 Å². The Morgan fingerprint density at radius 1 is 1.14 bits per heavy atom.